The van der Waals surface area contributed by atoms with E-state index in [0.717, 1.165) is 196 Å². The van der Waals surface area contributed by atoms with Gasteiger partial charge < -0.3 is 63.6 Å². The zero-order valence-corrected chi connectivity index (χ0v) is 74.1. The lowest BCUT2D eigenvalue weighted by atomic mass is 9.97. The highest BCUT2D eigenvalue weighted by molar-refractivity contribution is 6.32. The van der Waals surface area contributed by atoms with Gasteiger partial charge in [-0.15, -0.1) is 0 Å². The maximum Gasteiger partial charge on any atom is 0.166 e. The van der Waals surface area contributed by atoms with Gasteiger partial charge in [0.25, 0.3) is 0 Å². The minimum Gasteiger partial charge on any atom is -0.383 e. The number of anilines is 8. The molecule has 4 saturated heterocycles. The zero-order chi connectivity index (χ0) is 87.6. The highest BCUT2D eigenvalue weighted by Crippen LogP contribution is 2.31. The van der Waals surface area contributed by atoms with E-state index in [1.807, 2.05) is 72.8 Å². The Labute approximate surface area is 750 Å². The Bertz CT molecular complexity index is 5520. The van der Waals surface area contributed by atoms with Crippen molar-refractivity contribution in [3.8, 4) is 0 Å². The number of morpholine rings is 1. The van der Waals surface area contributed by atoms with Crippen molar-refractivity contribution in [2.24, 2.45) is 5.92 Å². The number of ketones is 4. The Kier molecular flexibility index (Phi) is 33.7. The number of ether oxygens (including phenoxy) is 1. The molecule has 4 aliphatic heterocycles. The molecule has 0 unspecified atom stereocenters. The van der Waals surface area contributed by atoms with E-state index in [1.54, 1.807) is 73.8 Å². The van der Waals surface area contributed by atoms with E-state index in [9.17, 15) is 19.2 Å². The Morgan fingerprint density at radius 2 is 0.656 bits per heavy atom. The summed E-state index contributed by atoms with van der Waals surface area (Å²) in [5, 5.41) is 23.1. The number of piperidine rings is 2. The van der Waals surface area contributed by atoms with Crippen LogP contribution in [0.4, 0.5) is 46.5 Å². The van der Waals surface area contributed by atoms with Crippen LogP contribution in [-0.4, -0.2) is 226 Å². The lowest BCUT2D eigenvalue weighted by Crippen LogP contribution is -2.45. The van der Waals surface area contributed by atoms with E-state index in [2.05, 4.69) is 124 Å². The average molecular weight is 1770 g/mol. The number of Topliss-reactive ketones (excluding diaryl/α,β-unsaturated/α-hetero) is 4. The van der Waals surface area contributed by atoms with Crippen LogP contribution < -0.4 is 44.2 Å². The van der Waals surface area contributed by atoms with E-state index < -0.39 is 0 Å². The maximum absolute atomic E-state index is 13.0. The van der Waals surface area contributed by atoms with Gasteiger partial charge in [0.2, 0.25) is 0 Å². The van der Waals surface area contributed by atoms with Crippen LogP contribution in [0, 0.1) is 5.92 Å². The van der Waals surface area contributed by atoms with Crippen LogP contribution in [0.5, 0.6) is 0 Å². The van der Waals surface area contributed by atoms with Gasteiger partial charge in [0.15, 0.2) is 23.1 Å². The SMILES string of the molecule is CN1CCC(CNc2ncc(Cl)cc2C(=O)CCc2ccc3c(N)nccc3c2)CC1.CN1CCN(CCNc2ncc(Cl)cc2C(=O)CCc2ccc3c(N)nccc3c2)CC1.Nc1nccc2cc(CCC(=O)c3cc(Cl)cnc3NCCN3CCCCC3)ccc12.Nc1nccc2cc(CCC(=O)c3cc(Cl)cnc3NCCN3CCOCC3)ccc12. The molecule has 4 aromatic carbocycles. The fourth-order valence-electron chi connectivity index (χ4n) is 15.9. The zero-order valence-electron chi connectivity index (χ0n) is 71.0. The van der Waals surface area contributed by atoms with Gasteiger partial charge >= 0.3 is 0 Å². The normalized spacial score (nSPS) is 14.9. The van der Waals surface area contributed by atoms with Crippen LogP contribution in [-0.2, 0) is 30.4 Å². The molecule has 0 saturated carbocycles. The molecule has 654 valence electrons. The molecule has 0 amide bonds. The number of pyridine rings is 8. The molecule has 12 heterocycles. The lowest BCUT2D eigenvalue weighted by molar-refractivity contribution is 0.0398. The first kappa shape index (κ1) is 91.8. The number of nitrogen functional groups attached to an aromatic ring is 4. The fraction of sp³-hybridized carbons (Fsp3) is 0.368. The number of hydrogen-bond donors (Lipinski definition) is 8. The molecule has 0 aliphatic carbocycles. The third-order valence-corrected chi connectivity index (χ3v) is 24.2. The van der Waals surface area contributed by atoms with Gasteiger partial charge in [-0.1, -0.05) is 126 Å². The number of hydrogen-bond acceptors (Lipinski definition) is 26. The number of aromatic nitrogens is 8. The molecule has 0 radical (unpaired) electrons. The van der Waals surface area contributed by atoms with Crippen LogP contribution >= 0.6 is 46.4 Å². The third kappa shape index (κ3) is 26.8. The van der Waals surface area contributed by atoms with Gasteiger partial charge in [-0.3, -0.25) is 29.0 Å². The smallest absolute Gasteiger partial charge is 0.166 e. The second kappa shape index (κ2) is 45.8. The number of carbonyl (C=O) groups excluding carboxylic acids is 4. The van der Waals surface area contributed by atoms with Crippen LogP contribution in [0.1, 0.15) is 121 Å². The molecule has 0 atom stereocenters. The van der Waals surface area contributed by atoms with Crippen LogP contribution in [0.15, 0.2) is 171 Å². The quantitative estimate of drug-likeness (QED) is 0.0187. The first-order valence-corrected chi connectivity index (χ1v) is 44.5. The van der Waals surface area contributed by atoms with Crippen molar-refractivity contribution in [2.45, 2.75) is 83.5 Å². The average Bonchev–Trinajstić information content (AvgIpc) is 0.833. The lowest BCUT2D eigenvalue weighted by Gasteiger charge is -2.32. The molecule has 0 bridgehead atoms. The number of piperazine rings is 1. The van der Waals surface area contributed by atoms with Crippen molar-refractivity contribution in [3.05, 3.63) is 236 Å². The van der Waals surface area contributed by atoms with Gasteiger partial charge in [0.05, 0.1) is 55.6 Å². The number of benzene rings is 4. The van der Waals surface area contributed by atoms with E-state index in [1.165, 1.54) is 19.3 Å². The summed E-state index contributed by atoms with van der Waals surface area (Å²) in [7, 11) is 4.30. The Morgan fingerprint density at radius 1 is 0.360 bits per heavy atom. The molecule has 4 fully saturated rings. The van der Waals surface area contributed by atoms with Crippen LogP contribution in [0.3, 0.4) is 0 Å². The standard InChI is InChI=1S/C24H29ClN6O.2C24H28ClN5O.C23H26ClN5O2/c1-30-10-12-31(13-11-30)9-8-28-24-21(15-19(25)16-29-24)22(32)5-3-17-2-4-20-18(14-17)6-7-27-23(20)26;1-30-10-7-17(8-11-30)14-28-24-21(13-19(25)15-29-24)22(31)5-3-16-2-4-20-18(12-16)6-9-27-23(20)26;25-19-15-21(24(29-16-19)28-10-13-30-11-2-1-3-12-30)22(31)7-5-17-4-6-20-18(14-17)8-9-27-23(20)26;24-18-14-20(23(28-15-18)27-7-8-29-9-11-31-12-10-29)21(30)4-2-16-1-3-19-17(13-16)5-6-26-22(19)25/h2,4,6-7,14-16H,3,5,8-13H2,1H3,(H2,26,27)(H,28,29);2,4,6,9,12-13,15,17H,3,5,7-8,10-11,14H2,1H3,(H2,26,27)(H,28,29);4,6,8-9,14-16H,1-3,5,7,10-13H2,(H2,26,27)(H,28,29);1,3,5-6,13-15H,2,4,7-12H2,(H2,25,26)(H,27,28). The van der Waals surface area contributed by atoms with Crippen LogP contribution in [0.25, 0.3) is 43.1 Å². The number of aryl methyl sites for hydroxylation is 4. The molecule has 12 N–H and O–H groups in total. The second-order valence-corrected chi connectivity index (χ2v) is 34.1. The van der Waals surface area contributed by atoms with Crippen molar-refractivity contribution in [2.75, 3.05) is 183 Å². The molecule has 26 nitrogen and oxygen atoms in total. The van der Waals surface area contributed by atoms with Gasteiger partial charge in [0.1, 0.15) is 46.5 Å². The van der Waals surface area contributed by atoms with Gasteiger partial charge in [-0.2, -0.15) is 0 Å². The molecule has 125 heavy (non-hydrogen) atoms. The van der Waals surface area contributed by atoms with Gasteiger partial charge in [-0.05, 0) is 190 Å². The first-order chi connectivity index (χ1) is 60.7. The Hall–Kier alpha value is -10.9. The van der Waals surface area contributed by atoms with E-state index in [4.69, 9.17) is 74.1 Å². The minimum atomic E-state index is 0.0122. The number of rotatable bonds is 31. The van der Waals surface area contributed by atoms with Crippen molar-refractivity contribution in [1.82, 2.24) is 64.4 Å². The number of halogens is 4. The molecule has 30 heteroatoms. The van der Waals surface area contributed by atoms with E-state index in [0.29, 0.717) is 153 Å². The first-order valence-electron chi connectivity index (χ1n) is 43.0. The molecule has 12 aromatic rings. The van der Waals surface area contributed by atoms with Crippen molar-refractivity contribution in [3.63, 3.8) is 0 Å². The highest BCUT2D eigenvalue weighted by Gasteiger charge is 2.24. The summed E-state index contributed by atoms with van der Waals surface area (Å²) in [5.74, 6) is 5.20. The summed E-state index contributed by atoms with van der Waals surface area (Å²) in [4.78, 5) is 97.9. The fourth-order valence-corrected chi connectivity index (χ4v) is 16.6. The molecule has 8 aromatic heterocycles. The predicted octanol–water partition coefficient (Wildman–Crippen LogP) is 15.8. The monoisotopic (exact) mass is 1770 g/mol. The molecular formula is C95H111Cl4N21O5. The van der Waals surface area contributed by atoms with Crippen molar-refractivity contribution in [1.29, 1.82) is 0 Å². The van der Waals surface area contributed by atoms with E-state index in [-0.39, 0.29) is 23.1 Å². The largest absolute Gasteiger partial charge is 0.383 e. The molecular weight excluding hydrogens is 1660 g/mol. The van der Waals surface area contributed by atoms with Gasteiger partial charge in [-0.25, -0.2) is 39.9 Å². The van der Waals surface area contributed by atoms with Crippen molar-refractivity contribution < 1.29 is 23.9 Å². The highest BCUT2D eigenvalue weighted by atomic mass is 35.5. The minimum absolute atomic E-state index is 0.0122. The summed E-state index contributed by atoms with van der Waals surface area (Å²) < 4.78 is 5.38. The van der Waals surface area contributed by atoms with Gasteiger partial charge in [0, 0.05) is 182 Å². The predicted molar refractivity (Wildman–Crippen MR) is 508 cm³/mol. The summed E-state index contributed by atoms with van der Waals surface area (Å²) in [6.45, 7) is 17.9. The summed E-state index contributed by atoms with van der Waals surface area (Å²) in [5.41, 5.74) is 30.2. The Morgan fingerprint density at radius 3 is 0.984 bits per heavy atom. The molecule has 4 aliphatic rings. The number of fused-ring (bicyclic) bond motifs is 4. The van der Waals surface area contributed by atoms with Crippen molar-refractivity contribution >= 4 is 159 Å². The molecule has 0 spiro atoms. The Balaban J connectivity index is 0.000000143. The number of nitrogens with one attached hydrogen (secondary N) is 4. The number of likely N-dealkylation sites (tertiary alicyclic amines) is 2. The third-order valence-electron chi connectivity index (χ3n) is 23.3. The number of nitrogens with two attached hydrogens (primary N) is 4. The summed E-state index contributed by atoms with van der Waals surface area (Å²) >= 11 is 24.6. The summed E-state index contributed by atoms with van der Waals surface area (Å²) in [6.07, 6.45) is 23.3. The number of nitrogens with zero attached hydrogens (tertiary/aromatic N) is 13. The molecule has 16 rings (SSSR count). The maximum atomic E-state index is 13.0. The number of carbonyl (C=O) groups is 4. The van der Waals surface area contributed by atoms with Crippen LogP contribution in [0.2, 0.25) is 20.1 Å². The summed E-state index contributed by atoms with van der Waals surface area (Å²) in [6, 6.07) is 38.7. The second-order valence-electron chi connectivity index (χ2n) is 32.3. The topological polar surface area (TPSA) is 349 Å². The van der Waals surface area contributed by atoms with E-state index >= 15 is 0 Å². The number of likely N-dealkylation sites (N-methyl/N-ethyl adjacent to an activating group) is 1.